The highest BCUT2D eigenvalue weighted by atomic mass is 32.1. The van der Waals surface area contributed by atoms with Crippen molar-refractivity contribution in [2.24, 2.45) is 0 Å². The lowest BCUT2D eigenvalue weighted by molar-refractivity contribution is 0.925. The van der Waals surface area contributed by atoms with Gasteiger partial charge in [-0.15, -0.1) is 0 Å². The fourth-order valence-corrected chi connectivity index (χ4v) is 5.22. The minimum Gasteiger partial charge on any atom is -0.287 e. The Kier molecular flexibility index (Phi) is 3.40. The predicted molar refractivity (Wildman–Crippen MR) is 117 cm³/mol. The number of aryl methyl sites for hydroxylation is 2. The van der Waals surface area contributed by atoms with Gasteiger partial charge in [0.05, 0.1) is 27.3 Å². The molecule has 0 bridgehead atoms. The summed E-state index contributed by atoms with van der Waals surface area (Å²) in [6, 6.07) is 20.6. The van der Waals surface area contributed by atoms with Gasteiger partial charge in [-0.05, 0) is 37.6 Å². The first-order valence-corrected chi connectivity index (χ1v) is 10.3. The maximum Gasteiger partial charge on any atom is 0.195 e. The smallest absolute Gasteiger partial charge is 0.195 e. The summed E-state index contributed by atoms with van der Waals surface area (Å²) in [5.41, 5.74) is 8.43. The van der Waals surface area contributed by atoms with Crippen molar-refractivity contribution >= 4 is 33.0 Å². The highest BCUT2D eigenvalue weighted by Crippen LogP contribution is 2.36. The van der Waals surface area contributed by atoms with Crippen LogP contribution in [-0.4, -0.2) is 24.0 Å². The quantitative estimate of drug-likeness (QED) is 0.387. The lowest BCUT2D eigenvalue weighted by Crippen LogP contribution is -1.96. The van der Waals surface area contributed by atoms with Crippen molar-refractivity contribution in [1.82, 2.24) is 24.0 Å². The first-order chi connectivity index (χ1) is 14.2. The van der Waals surface area contributed by atoms with Gasteiger partial charge >= 0.3 is 0 Å². The molecule has 0 spiro atoms. The summed E-state index contributed by atoms with van der Waals surface area (Å²) in [5, 5.41) is 4.85. The molecule has 0 unspecified atom stereocenters. The van der Waals surface area contributed by atoms with Gasteiger partial charge in [-0.3, -0.25) is 4.40 Å². The number of aromatic nitrogens is 5. The van der Waals surface area contributed by atoms with Crippen LogP contribution < -0.4 is 0 Å². The number of para-hydroxylation sites is 2. The van der Waals surface area contributed by atoms with Gasteiger partial charge in [0.25, 0.3) is 0 Å². The summed E-state index contributed by atoms with van der Waals surface area (Å²) in [4.78, 5) is 11.6. The molecule has 0 fully saturated rings. The molecule has 6 aromatic rings. The molecule has 0 aliphatic rings. The van der Waals surface area contributed by atoms with Gasteiger partial charge in [0.15, 0.2) is 10.6 Å². The molecule has 2 aromatic carbocycles. The van der Waals surface area contributed by atoms with Crippen LogP contribution in [0.3, 0.4) is 0 Å². The third-order valence-electron chi connectivity index (χ3n) is 5.38. The third kappa shape index (κ3) is 2.29. The van der Waals surface area contributed by atoms with Crippen LogP contribution in [0.5, 0.6) is 0 Å². The Morgan fingerprint density at radius 3 is 2.55 bits per heavy atom. The minimum atomic E-state index is 0.876. The molecule has 4 aromatic heterocycles. The first-order valence-electron chi connectivity index (χ1n) is 9.49. The van der Waals surface area contributed by atoms with E-state index in [-0.39, 0.29) is 0 Å². The summed E-state index contributed by atoms with van der Waals surface area (Å²) in [6.45, 7) is 4.19. The Hall–Kier alpha value is -3.51. The summed E-state index contributed by atoms with van der Waals surface area (Å²) < 4.78 is 4.20. The number of imidazole rings is 1. The van der Waals surface area contributed by atoms with E-state index in [9.17, 15) is 0 Å². The van der Waals surface area contributed by atoms with Gasteiger partial charge in [0.2, 0.25) is 0 Å². The fourth-order valence-electron chi connectivity index (χ4n) is 4.07. The van der Waals surface area contributed by atoms with Crippen molar-refractivity contribution in [3.05, 3.63) is 78.2 Å². The van der Waals surface area contributed by atoms with Crippen LogP contribution in [0.25, 0.3) is 43.3 Å². The van der Waals surface area contributed by atoms with Gasteiger partial charge in [-0.2, -0.15) is 5.10 Å². The molecule has 4 heterocycles. The van der Waals surface area contributed by atoms with Crippen LogP contribution in [0.2, 0.25) is 0 Å². The molecule has 6 rings (SSSR count). The molecule has 0 saturated carbocycles. The van der Waals surface area contributed by atoms with Crippen LogP contribution in [0.15, 0.2) is 66.9 Å². The Labute approximate surface area is 170 Å². The zero-order valence-electron chi connectivity index (χ0n) is 16.0. The number of rotatable bonds is 2. The number of fused-ring (bicyclic) bond motifs is 4. The Bertz CT molecular complexity index is 1520. The van der Waals surface area contributed by atoms with Gasteiger partial charge in [-0.1, -0.05) is 53.8 Å². The SMILES string of the molecule is Cc1nn2c(-c3sc4nc5ccccc5n4c3C)ccnc2c1-c1ccccc1. The largest absolute Gasteiger partial charge is 0.287 e. The average Bonchev–Trinajstić information content (AvgIpc) is 3.38. The third-order valence-corrected chi connectivity index (χ3v) is 6.54. The summed E-state index contributed by atoms with van der Waals surface area (Å²) in [7, 11) is 0. The number of hydrogen-bond donors (Lipinski definition) is 0. The summed E-state index contributed by atoms with van der Waals surface area (Å²) in [5.74, 6) is 0. The zero-order chi connectivity index (χ0) is 19.5. The number of thiazole rings is 1. The topological polar surface area (TPSA) is 47.5 Å². The Morgan fingerprint density at radius 1 is 0.897 bits per heavy atom. The number of nitrogens with zero attached hydrogens (tertiary/aromatic N) is 5. The Morgan fingerprint density at radius 2 is 1.69 bits per heavy atom. The second-order valence-corrected chi connectivity index (χ2v) is 8.10. The monoisotopic (exact) mass is 395 g/mol. The van der Waals surface area contributed by atoms with E-state index >= 15 is 0 Å². The number of benzene rings is 2. The second-order valence-electron chi connectivity index (χ2n) is 7.13. The molecule has 140 valence electrons. The van der Waals surface area contributed by atoms with Crippen LogP contribution >= 0.6 is 11.3 Å². The molecule has 0 radical (unpaired) electrons. The van der Waals surface area contributed by atoms with E-state index in [4.69, 9.17) is 10.1 Å². The van der Waals surface area contributed by atoms with Gasteiger partial charge in [0, 0.05) is 17.5 Å². The van der Waals surface area contributed by atoms with Crippen molar-refractivity contribution in [3.8, 4) is 21.7 Å². The fraction of sp³-hybridized carbons (Fsp3) is 0.0870. The highest BCUT2D eigenvalue weighted by molar-refractivity contribution is 7.20. The van der Waals surface area contributed by atoms with E-state index in [1.54, 1.807) is 11.3 Å². The molecule has 29 heavy (non-hydrogen) atoms. The van der Waals surface area contributed by atoms with Gasteiger partial charge < -0.3 is 0 Å². The molecule has 0 amide bonds. The first kappa shape index (κ1) is 16.4. The highest BCUT2D eigenvalue weighted by Gasteiger charge is 2.20. The molecule has 0 N–H and O–H groups in total. The van der Waals surface area contributed by atoms with E-state index in [1.165, 1.54) is 5.69 Å². The molecule has 0 saturated heterocycles. The van der Waals surface area contributed by atoms with E-state index in [2.05, 4.69) is 46.6 Å². The van der Waals surface area contributed by atoms with Crippen LogP contribution in [0.1, 0.15) is 11.4 Å². The predicted octanol–water partition coefficient (Wildman–Crippen LogP) is 5.54. The van der Waals surface area contributed by atoms with Crippen LogP contribution in [0, 0.1) is 13.8 Å². The van der Waals surface area contributed by atoms with E-state index in [1.807, 2.05) is 48.0 Å². The lowest BCUT2D eigenvalue weighted by Gasteiger charge is -2.05. The zero-order valence-corrected chi connectivity index (χ0v) is 16.8. The second kappa shape index (κ2) is 5.99. The average molecular weight is 395 g/mol. The molecule has 0 aliphatic heterocycles. The van der Waals surface area contributed by atoms with Crippen molar-refractivity contribution in [2.75, 3.05) is 0 Å². The molecular weight excluding hydrogens is 378 g/mol. The van der Waals surface area contributed by atoms with Crippen LogP contribution in [0.4, 0.5) is 0 Å². The standard InChI is InChI=1S/C23H17N5S/c1-14-20(16-8-4-3-5-9-16)22-24-13-12-19(28(22)26-14)21-15(2)27-18-11-7-6-10-17(18)25-23(27)29-21/h3-13H,1-2H3. The minimum absolute atomic E-state index is 0.876. The summed E-state index contributed by atoms with van der Waals surface area (Å²) in [6.07, 6.45) is 1.87. The van der Waals surface area contributed by atoms with Gasteiger partial charge in [-0.25, -0.2) is 14.5 Å². The van der Waals surface area contributed by atoms with E-state index in [0.29, 0.717) is 0 Å². The Balaban J connectivity index is 1.64. The maximum absolute atomic E-state index is 4.85. The molecule has 5 nitrogen and oxygen atoms in total. The molecule has 6 heteroatoms. The normalized spacial score (nSPS) is 11.8. The van der Waals surface area contributed by atoms with Crippen molar-refractivity contribution < 1.29 is 0 Å². The molecule has 0 aliphatic carbocycles. The van der Waals surface area contributed by atoms with Crippen molar-refractivity contribution in [1.29, 1.82) is 0 Å². The van der Waals surface area contributed by atoms with E-state index < -0.39 is 0 Å². The summed E-state index contributed by atoms with van der Waals surface area (Å²) >= 11 is 1.69. The maximum atomic E-state index is 4.85. The van der Waals surface area contributed by atoms with Crippen LogP contribution in [-0.2, 0) is 0 Å². The van der Waals surface area contributed by atoms with Crippen molar-refractivity contribution in [2.45, 2.75) is 13.8 Å². The number of hydrogen-bond acceptors (Lipinski definition) is 4. The van der Waals surface area contributed by atoms with Crippen molar-refractivity contribution in [3.63, 3.8) is 0 Å². The molecule has 0 atom stereocenters. The van der Waals surface area contributed by atoms with Gasteiger partial charge in [0.1, 0.15) is 0 Å². The molecular formula is C23H17N5S. The lowest BCUT2D eigenvalue weighted by atomic mass is 10.1. The van der Waals surface area contributed by atoms with E-state index in [0.717, 1.165) is 49.0 Å².